The molecule has 0 spiro atoms. The summed E-state index contributed by atoms with van der Waals surface area (Å²) in [5, 5.41) is 19.7. The number of unbranched alkanes of at least 4 members (excludes halogenated alkanes) is 1. The van der Waals surface area contributed by atoms with E-state index in [-0.39, 0.29) is 24.3 Å². The Bertz CT molecular complexity index is 372. The van der Waals surface area contributed by atoms with Gasteiger partial charge in [-0.05, 0) is 38.6 Å². The molecular formula is C14H26N2O5. The molecule has 1 amide bonds. The zero-order valence-corrected chi connectivity index (χ0v) is 12.8. The molecule has 1 unspecified atom stereocenters. The summed E-state index contributed by atoms with van der Waals surface area (Å²) >= 11 is 0. The normalized spacial score (nSPS) is 13.5. The van der Waals surface area contributed by atoms with Crippen LogP contribution in [0.1, 0.15) is 58.8 Å². The quantitative estimate of drug-likeness (QED) is 0.229. The molecule has 0 aliphatic rings. The van der Waals surface area contributed by atoms with Gasteiger partial charge in [0.2, 0.25) is 11.4 Å². The van der Waals surface area contributed by atoms with E-state index in [1.807, 2.05) is 0 Å². The van der Waals surface area contributed by atoms with Crippen LogP contribution in [0, 0.1) is 0 Å². The lowest BCUT2D eigenvalue weighted by atomic mass is 9.85. The van der Waals surface area contributed by atoms with E-state index in [0.717, 1.165) is 0 Å². The van der Waals surface area contributed by atoms with Gasteiger partial charge in [0.25, 0.3) is 0 Å². The number of carboxylic acid groups (broad SMARTS) is 1. The first kappa shape index (κ1) is 19.5. The van der Waals surface area contributed by atoms with Gasteiger partial charge in [0.15, 0.2) is 5.78 Å². The summed E-state index contributed by atoms with van der Waals surface area (Å²) in [7, 11) is 0. The highest BCUT2D eigenvalue weighted by molar-refractivity contribution is 6.09. The molecular weight excluding hydrogens is 276 g/mol. The fourth-order valence-corrected chi connectivity index (χ4v) is 2.17. The lowest BCUT2D eigenvalue weighted by Crippen LogP contribution is -2.61. The van der Waals surface area contributed by atoms with Gasteiger partial charge in [-0.15, -0.1) is 0 Å². The number of hydrogen-bond acceptors (Lipinski definition) is 5. The molecule has 4 N–H and O–H groups in total. The molecule has 122 valence electrons. The average Bonchev–Trinajstić information content (AvgIpc) is 2.43. The van der Waals surface area contributed by atoms with Crippen molar-refractivity contribution < 1.29 is 24.7 Å². The van der Waals surface area contributed by atoms with Crippen molar-refractivity contribution in [2.24, 2.45) is 5.73 Å². The molecule has 0 aliphatic carbocycles. The average molecular weight is 302 g/mol. The van der Waals surface area contributed by atoms with Gasteiger partial charge in [-0.2, -0.15) is 5.06 Å². The summed E-state index contributed by atoms with van der Waals surface area (Å²) in [5.74, 6) is -2.90. The zero-order valence-electron chi connectivity index (χ0n) is 12.8. The number of Topliss-reactive ketones (excluding diaryl/α,β-unsaturated/α-hetero) is 1. The second kappa shape index (κ2) is 9.46. The van der Waals surface area contributed by atoms with E-state index in [1.165, 1.54) is 0 Å². The van der Waals surface area contributed by atoms with E-state index >= 15 is 0 Å². The molecule has 7 heteroatoms. The molecule has 0 aromatic heterocycles. The summed E-state index contributed by atoms with van der Waals surface area (Å²) in [5.41, 5.74) is 3.18. The third-order valence-electron chi connectivity index (χ3n) is 3.35. The fraction of sp³-hybridized carbons (Fsp3) is 0.786. The topological polar surface area (TPSA) is 121 Å². The van der Waals surface area contributed by atoms with Crippen LogP contribution >= 0.6 is 0 Å². The molecule has 0 heterocycles. The number of carbonyl (C=O) groups excluding carboxylic acids is 2. The number of nitrogens with two attached hydrogens (primary N) is 1. The van der Waals surface area contributed by atoms with Crippen LogP contribution in [0.5, 0.6) is 0 Å². The van der Waals surface area contributed by atoms with E-state index in [1.54, 1.807) is 13.8 Å². The highest BCUT2D eigenvalue weighted by Crippen LogP contribution is 2.26. The molecule has 0 aliphatic heterocycles. The summed E-state index contributed by atoms with van der Waals surface area (Å²) in [4.78, 5) is 35.8. The molecule has 0 saturated heterocycles. The standard InChI is InChI=1S/C14H26N2O5/c1-3-7-11(17)14(13(19)20,9-5-6-10-15)16(21)12(18)8-4-2/h21H,3-10,15H2,1-2H3,(H,19,20). The number of carbonyl (C=O) groups is 3. The van der Waals surface area contributed by atoms with Crippen molar-refractivity contribution in [1.82, 2.24) is 5.06 Å². The smallest absolute Gasteiger partial charge is 0.340 e. The molecule has 0 fully saturated rings. The van der Waals surface area contributed by atoms with Gasteiger partial charge in [-0.25, -0.2) is 4.79 Å². The van der Waals surface area contributed by atoms with Crippen LogP contribution in [0.15, 0.2) is 0 Å². The molecule has 0 aromatic rings. The molecule has 21 heavy (non-hydrogen) atoms. The van der Waals surface area contributed by atoms with Crippen LogP contribution in [0.4, 0.5) is 0 Å². The highest BCUT2D eigenvalue weighted by Gasteiger charge is 2.51. The second-order valence-electron chi connectivity index (χ2n) is 5.04. The Balaban J connectivity index is 5.49. The summed E-state index contributed by atoms with van der Waals surface area (Å²) in [6.07, 6.45) is 1.60. The molecule has 0 bridgehead atoms. The van der Waals surface area contributed by atoms with Crippen LogP contribution < -0.4 is 5.73 Å². The summed E-state index contributed by atoms with van der Waals surface area (Å²) in [6.45, 7) is 3.82. The first-order valence-electron chi connectivity index (χ1n) is 7.37. The Morgan fingerprint density at radius 2 is 1.67 bits per heavy atom. The van der Waals surface area contributed by atoms with Gasteiger partial charge in [0.1, 0.15) is 0 Å². The molecule has 1 atom stereocenters. The van der Waals surface area contributed by atoms with Gasteiger partial charge in [-0.3, -0.25) is 14.8 Å². The first-order chi connectivity index (χ1) is 9.88. The SMILES string of the molecule is CCCC(=O)N(O)C(CCCCN)(C(=O)O)C(=O)CCC. The van der Waals surface area contributed by atoms with Gasteiger partial charge >= 0.3 is 5.97 Å². The zero-order chi connectivity index (χ0) is 16.5. The molecule has 0 rings (SSSR count). The van der Waals surface area contributed by atoms with Crippen LogP contribution in [-0.2, 0) is 14.4 Å². The minimum Gasteiger partial charge on any atom is -0.479 e. The Morgan fingerprint density at radius 3 is 2.10 bits per heavy atom. The van der Waals surface area contributed by atoms with Gasteiger partial charge in [0, 0.05) is 12.8 Å². The predicted octanol–water partition coefficient (Wildman–Crippen LogP) is 1.33. The predicted molar refractivity (Wildman–Crippen MR) is 76.7 cm³/mol. The maximum absolute atomic E-state index is 12.3. The van der Waals surface area contributed by atoms with Crippen molar-refractivity contribution in [3.8, 4) is 0 Å². The molecule has 0 saturated carbocycles. The van der Waals surface area contributed by atoms with Crippen molar-refractivity contribution >= 4 is 17.7 Å². The lowest BCUT2D eigenvalue weighted by Gasteiger charge is -2.35. The Kier molecular flexibility index (Phi) is 8.80. The minimum atomic E-state index is -2.20. The highest BCUT2D eigenvalue weighted by atomic mass is 16.5. The van der Waals surface area contributed by atoms with E-state index in [0.29, 0.717) is 32.2 Å². The Morgan fingerprint density at radius 1 is 1.10 bits per heavy atom. The number of amides is 1. The summed E-state index contributed by atoms with van der Waals surface area (Å²) < 4.78 is 0. The van der Waals surface area contributed by atoms with E-state index in [4.69, 9.17) is 5.73 Å². The summed E-state index contributed by atoms with van der Waals surface area (Å²) in [6, 6.07) is 0. The molecule has 0 radical (unpaired) electrons. The number of rotatable bonds is 11. The van der Waals surface area contributed by atoms with E-state index < -0.39 is 23.2 Å². The van der Waals surface area contributed by atoms with Crippen LogP contribution in [0.25, 0.3) is 0 Å². The number of nitrogens with zero attached hydrogens (tertiary/aromatic N) is 1. The van der Waals surface area contributed by atoms with Crippen molar-refractivity contribution in [1.29, 1.82) is 0 Å². The number of ketones is 1. The van der Waals surface area contributed by atoms with E-state index in [2.05, 4.69) is 0 Å². The third-order valence-corrected chi connectivity index (χ3v) is 3.35. The van der Waals surface area contributed by atoms with Gasteiger partial charge < -0.3 is 10.8 Å². The van der Waals surface area contributed by atoms with Crippen molar-refractivity contribution in [2.45, 2.75) is 64.3 Å². The minimum absolute atomic E-state index is 0.00854. The van der Waals surface area contributed by atoms with E-state index in [9.17, 15) is 24.7 Å². The lowest BCUT2D eigenvalue weighted by molar-refractivity contribution is -0.207. The van der Waals surface area contributed by atoms with Crippen molar-refractivity contribution in [3.05, 3.63) is 0 Å². The van der Waals surface area contributed by atoms with Crippen LogP contribution in [-0.4, -0.2) is 45.1 Å². The number of carboxylic acids is 1. The number of aliphatic carboxylic acids is 1. The van der Waals surface area contributed by atoms with Crippen molar-refractivity contribution in [2.75, 3.05) is 6.54 Å². The van der Waals surface area contributed by atoms with Crippen LogP contribution in [0.2, 0.25) is 0 Å². The Hall–Kier alpha value is -1.47. The second-order valence-corrected chi connectivity index (χ2v) is 5.04. The third kappa shape index (κ3) is 4.78. The largest absolute Gasteiger partial charge is 0.479 e. The van der Waals surface area contributed by atoms with Gasteiger partial charge in [0.05, 0.1) is 0 Å². The fourth-order valence-electron chi connectivity index (χ4n) is 2.17. The van der Waals surface area contributed by atoms with Crippen LogP contribution in [0.3, 0.4) is 0 Å². The monoisotopic (exact) mass is 302 g/mol. The maximum Gasteiger partial charge on any atom is 0.340 e. The molecule has 7 nitrogen and oxygen atoms in total. The number of hydroxylamine groups is 2. The first-order valence-corrected chi connectivity index (χ1v) is 7.37. The van der Waals surface area contributed by atoms with Gasteiger partial charge in [-0.1, -0.05) is 13.8 Å². The molecule has 0 aromatic carbocycles. The van der Waals surface area contributed by atoms with Crippen molar-refractivity contribution in [3.63, 3.8) is 0 Å². The Labute approximate surface area is 125 Å². The maximum atomic E-state index is 12.3. The number of hydrogen-bond donors (Lipinski definition) is 3.